The second-order valence-electron chi connectivity index (χ2n) is 8.04. The average molecular weight is 379 g/mol. The van der Waals surface area contributed by atoms with E-state index < -0.39 is 0 Å². The summed E-state index contributed by atoms with van der Waals surface area (Å²) in [7, 11) is 2.28. The molecule has 148 valence electrons. The van der Waals surface area contributed by atoms with E-state index in [1.54, 1.807) is 0 Å². The smallest absolute Gasteiger partial charge is 0.0461 e. The Morgan fingerprint density at radius 3 is 1.96 bits per heavy atom. The van der Waals surface area contributed by atoms with Crippen molar-refractivity contribution in [1.82, 2.24) is 9.80 Å². The standard InChI is InChI=1S/C23H39ClN2/c1-5-8-18-26(19-9-6-2)23(20-10-12-21(24)13-11-20)16-14-22(15-17-23)25(4)7-3/h10-13,22H,5-9,14-19H2,1-4H3. The number of hydrogen-bond acceptors (Lipinski definition) is 2. The van der Waals surface area contributed by atoms with Crippen molar-refractivity contribution in [2.75, 3.05) is 26.7 Å². The molecule has 0 aliphatic heterocycles. The molecule has 26 heavy (non-hydrogen) atoms. The Balaban J connectivity index is 2.29. The molecular formula is C23H39ClN2. The maximum absolute atomic E-state index is 6.21. The second-order valence-corrected chi connectivity index (χ2v) is 8.47. The zero-order valence-corrected chi connectivity index (χ0v) is 18.2. The SMILES string of the molecule is CCCCN(CCCC)C1(c2ccc(Cl)cc2)CCC(N(C)CC)CC1. The van der Waals surface area contributed by atoms with Crippen LogP contribution in [0.2, 0.25) is 5.02 Å². The Kier molecular flexibility index (Phi) is 8.93. The Morgan fingerprint density at radius 1 is 0.962 bits per heavy atom. The van der Waals surface area contributed by atoms with Gasteiger partial charge in [-0.3, -0.25) is 4.90 Å². The number of rotatable bonds is 10. The van der Waals surface area contributed by atoms with Crippen molar-refractivity contribution in [3.63, 3.8) is 0 Å². The highest BCUT2D eigenvalue weighted by molar-refractivity contribution is 6.30. The molecule has 3 heteroatoms. The van der Waals surface area contributed by atoms with Crippen LogP contribution >= 0.6 is 11.6 Å². The van der Waals surface area contributed by atoms with E-state index in [1.165, 1.54) is 70.0 Å². The van der Waals surface area contributed by atoms with Crippen molar-refractivity contribution in [2.24, 2.45) is 0 Å². The molecule has 2 nitrogen and oxygen atoms in total. The number of unbranched alkanes of at least 4 members (excludes halogenated alkanes) is 2. The fraction of sp³-hybridized carbons (Fsp3) is 0.739. The normalized spacial score (nSPS) is 23.7. The summed E-state index contributed by atoms with van der Waals surface area (Å²) in [5.74, 6) is 0. The molecule has 1 aromatic carbocycles. The van der Waals surface area contributed by atoms with E-state index in [4.69, 9.17) is 11.6 Å². The summed E-state index contributed by atoms with van der Waals surface area (Å²) >= 11 is 6.21. The van der Waals surface area contributed by atoms with Gasteiger partial charge in [-0.25, -0.2) is 0 Å². The molecule has 1 aliphatic carbocycles. The van der Waals surface area contributed by atoms with E-state index in [9.17, 15) is 0 Å². The molecule has 0 unspecified atom stereocenters. The van der Waals surface area contributed by atoms with E-state index in [1.807, 2.05) is 0 Å². The van der Waals surface area contributed by atoms with Gasteiger partial charge in [-0.05, 0) is 82.9 Å². The fourth-order valence-electron chi connectivity index (χ4n) is 4.56. The molecule has 0 heterocycles. The van der Waals surface area contributed by atoms with Gasteiger partial charge in [0.05, 0.1) is 0 Å². The van der Waals surface area contributed by atoms with Gasteiger partial charge in [-0.15, -0.1) is 0 Å². The maximum atomic E-state index is 6.21. The Morgan fingerprint density at radius 2 is 1.50 bits per heavy atom. The Labute approximate surface area is 166 Å². The van der Waals surface area contributed by atoms with Crippen LogP contribution in [0.4, 0.5) is 0 Å². The van der Waals surface area contributed by atoms with Crippen molar-refractivity contribution in [3.8, 4) is 0 Å². The molecule has 1 saturated carbocycles. The van der Waals surface area contributed by atoms with Gasteiger partial charge in [0, 0.05) is 16.6 Å². The summed E-state index contributed by atoms with van der Waals surface area (Å²) in [5, 5.41) is 0.844. The lowest BCUT2D eigenvalue weighted by Gasteiger charge is -2.50. The van der Waals surface area contributed by atoms with E-state index in [0.717, 1.165) is 17.6 Å². The fourth-order valence-corrected chi connectivity index (χ4v) is 4.69. The van der Waals surface area contributed by atoms with Gasteiger partial charge < -0.3 is 4.90 Å². The molecule has 0 amide bonds. The number of benzene rings is 1. The van der Waals surface area contributed by atoms with Crippen LogP contribution in [-0.2, 0) is 5.54 Å². The third-order valence-electron chi connectivity index (χ3n) is 6.45. The first-order chi connectivity index (χ1) is 12.6. The van der Waals surface area contributed by atoms with Gasteiger partial charge in [0.1, 0.15) is 0 Å². The van der Waals surface area contributed by atoms with E-state index in [-0.39, 0.29) is 5.54 Å². The minimum atomic E-state index is 0.194. The summed E-state index contributed by atoms with van der Waals surface area (Å²) < 4.78 is 0. The first kappa shape index (κ1) is 21.7. The third-order valence-corrected chi connectivity index (χ3v) is 6.71. The van der Waals surface area contributed by atoms with Gasteiger partial charge >= 0.3 is 0 Å². The lowest BCUT2D eigenvalue weighted by Crippen LogP contribution is -2.51. The quantitative estimate of drug-likeness (QED) is 0.469. The molecule has 1 aliphatic rings. The number of halogens is 1. The molecule has 1 aromatic rings. The molecule has 0 aromatic heterocycles. The van der Waals surface area contributed by atoms with E-state index in [2.05, 4.69) is 61.9 Å². The van der Waals surface area contributed by atoms with Crippen LogP contribution in [0, 0.1) is 0 Å². The van der Waals surface area contributed by atoms with Crippen molar-refractivity contribution < 1.29 is 0 Å². The van der Waals surface area contributed by atoms with Crippen LogP contribution in [0.5, 0.6) is 0 Å². The summed E-state index contributed by atoms with van der Waals surface area (Å²) in [5.41, 5.74) is 1.67. The molecule has 1 fully saturated rings. The van der Waals surface area contributed by atoms with Gasteiger partial charge in [0.25, 0.3) is 0 Å². The average Bonchev–Trinajstić information content (AvgIpc) is 2.68. The predicted molar refractivity (Wildman–Crippen MR) is 115 cm³/mol. The first-order valence-electron chi connectivity index (χ1n) is 10.8. The molecule has 0 N–H and O–H groups in total. The lowest BCUT2D eigenvalue weighted by molar-refractivity contribution is 0.0194. The maximum Gasteiger partial charge on any atom is 0.0461 e. The highest BCUT2D eigenvalue weighted by atomic mass is 35.5. The van der Waals surface area contributed by atoms with Gasteiger partial charge in [0.15, 0.2) is 0 Å². The zero-order valence-electron chi connectivity index (χ0n) is 17.4. The summed E-state index contributed by atoms with van der Waals surface area (Å²) in [6.45, 7) is 10.5. The predicted octanol–water partition coefficient (Wildman–Crippen LogP) is 6.33. The second kappa shape index (κ2) is 10.7. The molecule has 0 atom stereocenters. The topological polar surface area (TPSA) is 6.48 Å². The van der Waals surface area contributed by atoms with Crippen LogP contribution in [0.25, 0.3) is 0 Å². The van der Waals surface area contributed by atoms with Crippen LogP contribution in [-0.4, -0.2) is 42.5 Å². The largest absolute Gasteiger partial charge is 0.304 e. The van der Waals surface area contributed by atoms with Crippen LogP contribution in [0.3, 0.4) is 0 Å². The number of hydrogen-bond donors (Lipinski definition) is 0. The first-order valence-corrected chi connectivity index (χ1v) is 11.2. The molecule has 0 saturated heterocycles. The minimum Gasteiger partial charge on any atom is -0.304 e. The Hall–Kier alpha value is -0.570. The van der Waals surface area contributed by atoms with Crippen molar-refractivity contribution in [2.45, 2.75) is 83.7 Å². The minimum absolute atomic E-state index is 0.194. The van der Waals surface area contributed by atoms with Crippen molar-refractivity contribution in [3.05, 3.63) is 34.9 Å². The lowest BCUT2D eigenvalue weighted by atomic mass is 9.73. The number of nitrogens with zero attached hydrogens (tertiary/aromatic N) is 2. The Bertz CT molecular complexity index is 497. The molecule has 0 radical (unpaired) electrons. The van der Waals surface area contributed by atoms with Crippen LogP contribution in [0.1, 0.15) is 77.7 Å². The van der Waals surface area contributed by atoms with Crippen LogP contribution in [0.15, 0.2) is 24.3 Å². The third kappa shape index (κ3) is 5.24. The van der Waals surface area contributed by atoms with Gasteiger partial charge in [-0.2, -0.15) is 0 Å². The van der Waals surface area contributed by atoms with Crippen molar-refractivity contribution in [1.29, 1.82) is 0 Å². The zero-order chi connectivity index (χ0) is 19.0. The van der Waals surface area contributed by atoms with E-state index in [0.29, 0.717) is 0 Å². The summed E-state index contributed by atoms with van der Waals surface area (Å²) in [4.78, 5) is 5.36. The highest BCUT2D eigenvalue weighted by Gasteiger charge is 2.41. The molecule has 0 bridgehead atoms. The molecule has 0 spiro atoms. The summed E-state index contributed by atoms with van der Waals surface area (Å²) in [6, 6.07) is 9.48. The van der Waals surface area contributed by atoms with Gasteiger partial charge in [-0.1, -0.05) is 57.3 Å². The van der Waals surface area contributed by atoms with Gasteiger partial charge in [0.2, 0.25) is 0 Å². The molecular weight excluding hydrogens is 340 g/mol. The highest BCUT2D eigenvalue weighted by Crippen LogP contribution is 2.44. The van der Waals surface area contributed by atoms with E-state index >= 15 is 0 Å². The monoisotopic (exact) mass is 378 g/mol. The van der Waals surface area contributed by atoms with Crippen LogP contribution < -0.4 is 0 Å². The van der Waals surface area contributed by atoms with Crippen molar-refractivity contribution >= 4 is 11.6 Å². The molecule has 2 rings (SSSR count). The summed E-state index contributed by atoms with van der Waals surface area (Å²) in [6.07, 6.45) is 10.2.